The molecule has 7 heteroatoms. The highest BCUT2D eigenvalue weighted by atomic mass is 19.4. The summed E-state index contributed by atoms with van der Waals surface area (Å²) in [7, 11) is 0. The number of rotatable bonds is 1. The molecular weight excluding hydrogens is 213 g/mol. The summed E-state index contributed by atoms with van der Waals surface area (Å²) in [5.74, 6) is 0. The molecule has 0 spiro atoms. The summed E-state index contributed by atoms with van der Waals surface area (Å²) in [6, 6.07) is 0.0247. The van der Waals surface area contributed by atoms with Crippen molar-refractivity contribution in [1.29, 1.82) is 0 Å². The first-order valence-corrected chi connectivity index (χ1v) is 4.62. The number of nitrogens with two attached hydrogens (primary N) is 1. The van der Waals surface area contributed by atoms with E-state index in [4.69, 9.17) is 5.73 Å². The molecule has 1 heterocycles. The van der Waals surface area contributed by atoms with Crippen molar-refractivity contribution in [1.82, 2.24) is 4.90 Å². The van der Waals surface area contributed by atoms with Gasteiger partial charge in [0.2, 0.25) is 0 Å². The van der Waals surface area contributed by atoms with Crippen LogP contribution in [0.25, 0.3) is 0 Å². The van der Waals surface area contributed by atoms with E-state index in [1.165, 1.54) is 4.90 Å². The van der Waals surface area contributed by atoms with Gasteiger partial charge in [-0.05, 0) is 12.8 Å². The van der Waals surface area contributed by atoms with Crippen LogP contribution < -0.4 is 5.73 Å². The van der Waals surface area contributed by atoms with Gasteiger partial charge in [-0.1, -0.05) is 0 Å². The monoisotopic (exact) mass is 226 g/mol. The van der Waals surface area contributed by atoms with Crippen LogP contribution >= 0.6 is 0 Å². The van der Waals surface area contributed by atoms with Crippen LogP contribution in [0.4, 0.5) is 18.0 Å². The number of hydrogen-bond donors (Lipinski definition) is 1. The predicted molar refractivity (Wildman–Crippen MR) is 46.2 cm³/mol. The normalized spacial score (nSPS) is 19.1. The van der Waals surface area contributed by atoms with E-state index in [-0.39, 0.29) is 6.04 Å². The molecule has 1 aliphatic rings. The molecule has 1 fully saturated rings. The van der Waals surface area contributed by atoms with Crippen molar-refractivity contribution in [3.8, 4) is 0 Å². The smallest absolute Gasteiger partial charge is 0.422 e. The van der Waals surface area contributed by atoms with Gasteiger partial charge in [0.15, 0.2) is 6.61 Å². The van der Waals surface area contributed by atoms with Crippen LogP contribution in [-0.2, 0) is 4.74 Å². The maximum atomic E-state index is 11.7. The summed E-state index contributed by atoms with van der Waals surface area (Å²) in [6.45, 7) is -0.815. The molecule has 0 aromatic rings. The van der Waals surface area contributed by atoms with E-state index < -0.39 is 18.9 Å². The molecule has 1 aliphatic heterocycles. The first-order chi connectivity index (χ1) is 6.88. The quantitative estimate of drug-likeness (QED) is 0.728. The summed E-state index contributed by atoms with van der Waals surface area (Å²) >= 11 is 0. The average molecular weight is 226 g/mol. The molecule has 88 valence electrons. The van der Waals surface area contributed by atoms with Crippen molar-refractivity contribution in [2.24, 2.45) is 5.73 Å². The molecule has 0 aromatic heterocycles. The van der Waals surface area contributed by atoms with Gasteiger partial charge in [-0.3, -0.25) is 0 Å². The summed E-state index contributed by atoms with van der Waals surface area (Å²) in [5.41, 5.74) is 5.58. The topological polar surface area (TPSA) is 55.6 Å². The molecule has 1 saturated heterocycles. The molecular formula is C8H13F3N2O2. The molecule has 1 amide bonds. The van der Waals surface area contributed by atoms with Gasteiger partial charge in [-0.2, -0.15) is 13.2 Å². The number of piperidine rings is 1. The fraction of sp³-hybridized carbons (Fsp3) is 0.875. The number of nitrogens with zero attached hydrogens (tertiary/aromatic N) is 1. The maximum absolute atomic E-state index is 11.7. The van der Waals surface area contributed by atoms with Crippen molar-refractivity contribution >= 4 is 6.09 Å². The van der Waals surface area contributed by atoms with Crippen LogP contribution in [0.15, 0.2) is 0 Å². The van der Waals surface area contributed by atoms with E-state index in [9.17, 15) is 18.0 Å². The van der Waals surface area contributed by atoms with Crippen LogP contribution in [0.1, 0.15) is 12.8 Å². The molecule has 0 atom stereocenters. The third kappa shape index (κ3) is 4.37. The molecule has 0 saturated carbocycles. The van der Waals surface area contributed by atoms with Gasteiger partial charge in [0.1, 0.15) is 0 Å². The average Bonchev–Trinajstić information content (AvgIpc) is 2.14. The lowest BCUT2D eigenvalue weighted by Gasteiger charge is -2.29. The number of carbonyl (C=O) groups excluding carboxylic acids is 1. The third-order valence-electron chi connectivity index (χ3n) is 2.16. The number of amides is 1. The van der Waals surface area contributed by atoms with E-state index in [1.54, 1.807) is 0 Å². The molecule has 15 heavy (non-hydrogen) atoms. The van der Waals surface area contributed by atoms with E-state index >= 15 is 0 Å². The number of alkyl halides is 3. The molecule has 2 N–H and O–H groups in total. The van der Waals surface area contributed by atoms with Gasteiger partial charge in [0, 0.05) is 19.1 Å². The fourth-order valence-electron chi connectivity index (χ4n) is 1.32. The fourth-order valence-corrected chi connectivity index (χ4v) is 1.32. The van der Waals surface area contributed by atoms with Crippen molar-refractivity contribution in [2.75, 3.05) is 19.7 Å². The lowest BCUT2D eigenvalue weighted by molar-refractivity contribution is -0.162. The minimum Gasteiger partial charge on any atom is -0.440 e. The van der Waals surface area contributed by atoms with E-state index in [2.05, 4.69) is 4.74 Å². The standard InChI is InChI=1S/C8H13F3N2O2/c9-8(10,11)5-15-7(14)13-3-1-6(12)2-4-13/h6H,1-5,12H2. The minimum absolute atomic E-state index is 0.0247. The van der Waals surface area contributed by atoms with E-state index in [1.807, 2.05) is 0 Å². The van der Waals surface area contributed by atoms with Crippen LogP contribution in [0.2, 0.25) is 0 Å². The molecule has 0 aromatic carbocycles. The Hall–Kier alpha value is -0.980. The predicted octanol–water partition coefficient (Wildman–Crippen LogP) is 1.11. The lowest BCUT2D eigenvalue weighted by Crippen LogP contribution is -2.43. The Morgan fingerprint density at radius 2 is 1.93 bits per heavy atom. The molecule has 4 nitrogen and oxygen atoms in total. The maximum Gasteiger partial charge on any atom is 0.422 e. The SMILES string of the molecule is NC1CCN(C(=O)OCC(F)(F)F)CC1. The lowest BCUT2D eigenvalue weighted by atomic mass is 10.1. The molecule has 0 unspecified atom stereocenters. The zero-order chi connectivity index (χ0) is 11.5. The highest BCUT2D eigenvalue weighted by molar-refractivity contribution is 5.67. The van der Waals surface area contributed by atoms with Crippen molar-refractivity contribution < 1.29 is 22.7 Å². The van der Waals surface area contributed by atoms with Gasteiger partial charge >= 0.3 is 12.3 Å². The second-order valence-corrected chi connectivity index (χ2v) is 3.49. The van der Waals surface area contributed by atoms with Crippen LogP contribution in [0, 0.1) is 0 Å². The minimum atomic E-state index is -4.47. The highest BCUT2D eigenvalue weighted by Gasteiger charge is 2.31. The summed E-state index contributed by atoms with van der Waals surface area (Å²) < 4.78 is 39.3. The first kappa shape index (κ1) is 12.1. The summed E-state index contributed by atoms with van der Waals surface area (Å²) in [6.07, 6.45) is -4.19. The first-order valence-electron chi connectivity index (χ1n) is 4.62. The Labute approximate surface area is 85.2 Å². The van der Waals surface area contributed by atoms with Crippen LogP contribution in [0.5, 0.6) is 0 Å². The van der Waals surface area contributed by atoms with Crippen molar-refractivity contribution in [3.05, 3.63) is 0 Å². The molecule has 1 rings (SSSR count). The van der Waals surface area contributed by atoms with Gasteiger partial charge in [0.05, 0.1) is 0 Å². The Balaban J connectivity index is 2.29. The largest absolute Gasteiger partial charge is 0.440 e. The molecule has 0 aliphatic carbocycles. The number of likely N-dealkylation sites (tertiary alicyclic amines) is 1. The zero-order valence-corrected chi connectivity index (χ0v) is 8.09. The van der Waals surface area contributed by atoms with Crippen LogP contribution in [0.3, 0.4) is 0 Å². The Bertz CT molecular complexity index is 224. The molecule has 0 radical (unpaired) electrons. The number of ether oxygens (including phenoxy) is 1. The summed E-state index contributed by atoms with van der Waals surface area (Å²) in [4.78, 5) is 12.4. The van der Waals surface area contributed by atoms with Gasteiger partial charge < -0.3 is 15.4 Å². The number of hydrogen-bond acceptors (Lipinski definition) is 3. The van der Waals surface area contributed by atoms with Crippen LogP contribution in [-0.4, -0.2) is 42.9 Å². The van der Waals surface area contributed by atoms with E-state index in [0.29, 0.717) is 25.9 Å². The van der Waals surface area contributed by atoms with Crippen molar-refractivity contribution in [2.45, 2.75) is 25.1 Å². The Morgan fingerprint density at radius 3 is 2.40 bits per heavy atom. The van der Waals surface area contributed by atoms with Crippen molar-refractivity contribution in [3.63, 3.8) is 0 Å². The number of halogens is 3. The van der Waals surface area contributed by atoms with E-state index in [0.717, 1.165) is 0 Å². The van der Waals surface area contributed by atoms with Gasteiger partial charge in [0.25, 0.3) is 0 Å². The highest BCUT2D eigenvalue weighted by Crippen LogP contribution is 2.16. The van der Waals surface area contributed by atoms with Gasteiger partial charge in [-0.25, -0.2) is 4.79 Å². The second kappa shape index (κ2) is 4.69. The second-order valence-electron chi connectivity index (χ2n) is 3.49. The zero-order valence-electron chi connectivity index (χ0n) is 8.09. The summed E-state index contributed by atoms with van der Waals surface area (Å²) in [5, 5.41) is 0. The Kier molecular flexibility index (Phi) is 3.78. The Morgan fingerprint density at radius 1 is 1.40 bits per heavy atom. The molecule has 0 bridgehead atoms. The third-order valence-corrected chi connectivity index (χ3v) is 2.16. The van der Waals surface area contributed by atoms with Gasteiger partial charge in [-0.15, -0.1) is 0 Å². The number of carbonyl (C=O) groups is 1.